The van der Waals surface area contributed by atoms with E-state index in [1.165, 1.54) is 0 Å². The van der Waals surface area contributed by atoms with Gasteiger partial charge in [0.15, 0.2) is 0 Å². The van der Waals surface area contributed by atoms with Crippen LogP contribution < -0.4 is 11.5 Å². The first-order valence-corrected chi connectivity index (χ1v) is 6.57. The van der Waals surface area contributed by atoms with Crippen molar-refractivity contribution in [2.75, 3.05) is 0 Å². The second kappa shape index (κ2) is 5.27. The van der Waals surface area contributed by atoms with Crippen molar-refractivity contribution in [3.8, 4) is 0 Å². The molecule has 0 aromatic rings. The van der Waals surface area contributed by atoms with Crippen LogP contribution in [-0.4, -0.2) is 11.1 Å². The second-order valence-electron chi connectivity index (χ2n) is 3.76. The Morgan fingerprint density at radius 3 is 0.909 bits per heavy atom. The molecule has 0 spiro atoms. The van der Waals surface area contributed by atoms with Crippen LogP contribution in [0.4, 0.5) is 0 Å². The molecule has 0 atom stereocenters. The average molecular weight is 253 g/mol. The molecule has 0 unspecified atom stereocenters. The van der Waals surface area contributed by atoms with E-state index in [0.717, 1.165) is 18.0 Å². The third-order valence-electron chi connectivity index (χ3n) is 1.66. The second-order valence-corrected chi connectivity index (χ2v) is 5.31. The summed E-state index contributed by atoms with van der Waals surface area (Å²) in [6.45, 7) is 7.69. The number of hydrogen-bond acceptors (Lipinski definition) is 2. The Morgan fingerprint density at radius 1 is 0.818 bits per heavy atom. The van der Waals surface area contributed by atoms with Crippen molar-refractivity contribution in [3.05, 3.63) is 0 Å². The Balaban J connectivity index is 0. The van der Waals surface area contributed by atoms with Crippen LogP contribution in [0.3, 0.4) is 0 Å². The zero-order valence-corrected chi connectivity index (χ0v) is 10.0. The zero-order chi connectivity index (χ0) is 9.71. The van der Waals surface area contributed by atoms with Gasteiger partial charge in [-0.05, 0) is 27.7 Å². The molecule has 0 saturated carbocycles. The topological polar surface area (TPSA) is 52.0 Å². The van der Waals surface area contributed by atoms with Crippen LogP contribution in [-0.2, 0) is 18.0 Å². The molecule has 0 aliphatic rings. The van der Waals surface area contributed by atoms with Gasteiger partial charge in [-0.2, -0.15) is 0 Å². The maximum atomic E-state index is 5.69. The van der Waals surface area contributed by atoms with Crippen molar-refractivity contribution >= 4 is 0 Å². The van der Waals surface area contributed by atoms with Gasteiger partial charge in [-0.3, -0.25) is 0 Å². The van der Waals surface area contributed by atoms with E-state index in [1.807, 2.05) is 27.7 Å². The van der Waals surface area contributed by atoms with Crippen molar-refractivity contribution in [2.24, 2.45) is 11.5 Å². The molecule has 0 rings (SSSR count). The van der Waals surface area contributed by atoms with Crippen molar-refractivity contribution in [2.45, 2.75) is 49.6 Å². The minimum absolute atomic E-state index is 0.285. The van der Waals surface area contributed by atoms with Crippen LogP contribution in [0, 0.1) is 0 Å². The minimum atomic E-state index is -0.285. The van der Waals surface area contributed by atoms with Crippen molar-refractivity contribution in [1.82, 2.24) is 0 Å². The van der Waals surface area contributed by atoms with Gasteiger partial charge in [0.2, 0.25) is 0 Å². The molecule has 74 valence electrons. The van der Waals surface area contributed by atoms with Crippen LogP contribution in [0.25, 0.3) is 0 Å². The summed E-state index contributed by atoms with van der Waals surface area (Å²) in [4.78, 5) is 0. The fraction of sp³-hybridized carbons (Fsp3) is 1.00. The molecule has 0 aliphatic carbocycles. The van der Waals surface area contributed by atoms with Gasteiger partial charge < -0.3 is 11.5 Å². The molecule has 4 N–H and O–H groups in total. The molecule has 11 heavy (non-hydrogen) atoms. The first kappa shape index (κ1) is 14.1. The SMILES string of the molecule is CC(C)(N)C(C)(C)N.[CH3][Pd][CH3]. The normalized spacial score (nSPS) is 12.4. The van der Waals surface area contributed by atoms with Crippen molar-refractivity contribution in [3.63, 3.8) is 0 Å². The number of hydrogen-bond donors (Lipinski definition) is 2. The van der Waals surface area contributed by atoms with E-state index in [2.05, 4.69) is 10.8 Å². The van der Waals surface area contributed by atoms with E-state index in [-0.39, 0.29) is 11.1 Å². The molecule has 0 amide bonds. The molecular weight excluding hydrogens is 231 g/mol. The summed E-state index contributed by atoms with van der Waals surface area (Å²) in [6, 6.07) is 0. The predicted molar refractivity (Wildman–Crippen MR) is 48.3 cm³/mol. The summed E-state index contributed by atoms with van der Waals surface area (Å²) in [5.74, 6) is 0. The Bertz CT molecular complexity index is 77.2. The molecule has 0 bridgehead atoms. The standard InChI is InChI=1S/C6H16N2.2CH3.Pd/c1-5(2,7)6(3,4)8;;;/h7-8H2,1-4H3;2*1H3;. The number of rotatable bonds is 1. The van der Waals surface area contributed by atoms with Crippen LogP contribution in [0.1, 0.15) is 27.7 Å². The van der Waals surface area contributed by atoms with Gasteiger partial charge in [0.05, 0.1) is 0 Å². The molecular formula is C8H22N2Pd. The van der Waals surface area contributed by atoms with E-state index in [1.54, 1.807) is 0 Å². The Hall–Kier alpha value is 0.582. The van der Waals surface area contributed by atoms with Gasteiger partial charge in [-0.15, -0.1) is 0 Å². The fourth-order valence-electron chi connectivity index (χ4n) is 0. The van der Waals surface area contributed by atoms with E-state index in [4.69, 9.17) is 11.5 Å². The van der Waals surface area contributed by atoms with E-state index in [0.29, 0.717) is 0 Å². The van der Waals surface area contributed by atoms with Crippen LogP contribution in [0.5, 0.6) is 0 Å². The van der Waals surface area contributed by atoms with Gasteiger partial charge in [-0.1, -0.05) is 0 Å². The molecule has 2 nitrogen and oxygen atoms in total. The Morgan fingerprint density at radius 2 is 0.909 bits per heavy atom. The van der Waals surface area contributed by atoms with Crippen molar-refractivity contribution < 1.29 is 18.0 Å². The molecule has 0 fully saturated rings. The van der Waals surface area contributed by atoms with E-state index >= 15 is 0 Å². The third-order valence-corrected chi connectivity index (χ3v) is 1.66. The van der Waals surface area contributed by atoms with E-state index in [9.17, 15) is 0 Å². The average Bonchev–Trinajstić information content (AvgIpc) is 1.60. The summed E-state index contributed by atoms with van der Waals surface area (Å²) in [5, 5.41) is 4.35. The predicted octanol–water partition coefficient (Wildman–Crippen LogP) is 1.63. The first-order chi connectivity index (χ1) is 4.66. The summed E-state index contributed by atoms with van der Waals surface area (Å²) >= 11 is 0.950. The van der Waals surface area contributed by atoms with Gasteiger partial charge in [0, 0.05) is 11.1 Å². The number of nitrogens with two attached hydrogens (primary N) is 2. The monoisotopic (exact) mass is 252 g/mol. The van der Waals surface area contributed by atoms with Gasteiger partial charge >= 0.3 is 28.8 Å². The van der Waals surface area contributed by atoms with Gasteiger partial charge in [0.25, 0.3) is 0 Å². The summed E-state index contributed by atoms with van der Waals surface area (Å²) in [7, 11) is 0. The molecule has 0 saturated heterocycles. The fourth-order valence-corrected chi connectivity index (χ4v) is 0. The Kier molecular flexibility index (Phi) is 6.76. The molecule has 0 aromatic heterocycles. The molecule has 3 heteroatoms. The molecule has 0 aromatic carbocycles. The molecule has 0 heterocycles. The summed E-state index contributed by atoms with van der Waals surface area (Å²) in [6.07, 6.45) is 0. The summed E-state index contributed by atoms with van der Waals surface area (Å²) in [5.41, 5.74) is 10.8. The quantitative estimate of drug-likeness (QED) is 0.697. The summed E-state index contributed by atoms with van der Waals surface area (Å²) < 4.78 is 0. The van der Waals surface area contributed by atoms with E-state index < -0.39 is 0 Å². The maximum absolute atomic E-state index is 5.69. The van der Waals surface area contributed by atoms with Gasteiger partial charge in [-0.25, -0.2) is 0 Å². The van der Waals surface area contributed by atoms with Crippen molar-refractivity contribution in [1.29, 1.82) is 0 Å². The molecule has 0 radical (unpaired) electrons. The Labute approximate surface area is 79.3 Å². The first-order valence-electron chi connectivity index (χ1n) is 3.46. The zero-order valence-electron chi connectivity index (χ0n) is 8.47. The molecule has 0 aliphatic heterocycles. The third kappa shape index (κ3) is 8.49. The van der Waals surface area contributed by atoms with Crippen LogP contribution in [0.2, 0.25) is 10.8 Å². The van der Waals surface area contributed by atoms with Gasteiger partial charge in [0.1, 0.15) is 0 Å². The van der Waals surface area contributed by atoms with Crippen LogP contribution in [0.15, 0.2) is 0 Å². The van der Waals surface area contributed by atoms with Crippen LogP contribution >= 0.6 is 0 Å².